The van der Waals surface area contributed by atoms with Gasteiger partial charge in [-0.05, 0) is 38.6 Å². The Labute approximate surface area is 165 Å². The zero-order valence-corrected chi connectivity index (χ0v) is 16.5. The van der Waals surface area contributed by atoms with E-state index in [2.05, 4.69) is 15.3 Å². The molecule has 1 atom stereocenters. The van der Waals surface area contributed by atoms with Gasteiger partial charge in [0.25, 0.3) is 0 Å². The van der Waals surface area contributed by atoms with E-state index in [9.17, 15) is 18.0 Å². The van der Waals surface area contributed by atoms with Gasteiger partial charge in [0.1, 0.15) is 0 Å². The highest BCUT2D eigenvalue weighted by atomic mass is 32.1. The molecule has 1 amide bonds. The fourth-order valence-electron chi connectivity index (χ4n) is 3.92. The van der Waals surface area contributed by atoms with Crippen molar-refractivity contribution in [1.82, 2.24) is 14.8 Å². The molecule has 1 aromatic rings. The summed E-state index contributed by atoms with van der Waals surface area (Å²) in [5.74, 6) is -1.48. The number of likely N-dealkylation sites (tertiary alicyclic amines) is 2. The van der Waals surface area contributed by atoms with Crippen molar-refractivity contribution in [2.45, 2.75) is 45.3 Å². The van der Waals surface area contributed by atoms with Crippen LogP contribution >= 0.6 is 11.3 Å². The number of hydrogen-bond acceptors (Lipinski definition) is 5. The lowest BCUT2D eigenvalue weighted by molar-refractivity contribution is -0.192. The number of nitrogens with zero attached hydrogens (tertiary/aromatic N) is 3. The first-order chi connectivity index (χ1) is 13.1. The predicted octanol–water partition coefficient (Wildman–Crippen LogP) is 2.92. The van der Waals surface area contributed by atoms with Crippen molar-refractivity contribution in [3.8, 4) is 0 Å². The van der Waals surface area contributed by atoms with Gasteiger partial charge < -0.3 is 14.9 Å². The maximum Gasteiger partial charge on any atom is 0.490 e. The molecule has 1 aromatic heterocycles. The Morgan fingerprint density at radius 2 is 2.07 bits per heavy atom. The van der Waals surface area contributed by atoms with Crippen LogP contribution in [0.15, 0.2) is 5.38 Å². The molecule has 1 unspecified atom stereocenters. The first-order valence-electron chi connectivity index (χ1n) is 9.28. The molecular formula is C18H24F3N3O3S. The summed E-state index contributed by atoms with van der Waals surface area (Å²) in [5.41, 5.74) is 1.28. The zero-order chi connectivity index (χ0) is 20.5. The summed E-state index contributed by atoms with van der Waals surface area (Å²) in [7, 11) is 0. The second-order valence-corrected chi connectivity index (χ2v) is 9.08. The third-order valence-corrected chi connectivity index (χ3v) is 6.22. The fourth-order valence-corrected chi connectivity index (χ4v) is 4.53. The number of carboxylic acid groups (broad SMARTS) is 1. The molecule has 1 N–H and O–H groups in total. The van der Waals surface area contributed by atoms with Crippen LogP contribution < -0.4 is 0 Å². The number of alkyl halides is 3. The fraction of sp³-hybridized carbons (Fsp3) is 0.722. The SMILES string of the molecule is Cc1nc(CN2CC3(CCN(CC4CC4)C3)CC2=O)cs1.O=C(O)C(F)(F)F. The summed E-state index contributed by atoms with van der Waals surface area (Å²) < 4.78 is 31.7. The van der Waals surface area contributed by atoms with Crippen LogP contribution in [0.3, 0.4) is 0 Å². The van der Waals surface area contributed by atoms with Gasteiger partial charge in [-0.3, -0.25) is 4.79 Å². The number of rotatable bonds is 4. The van der Waals surface area contributed by atoms with Crippen LogP contribution in [0, 0.1) is 18.3 Å². The van der Waals surface area contributed by atoms with Gasteiger partial charge in [0, 0.05) is 36.9 Å². The largest absolute Gasteiger partial charge is 0.490 e. The molecule has 3 fully saturated rings. The smallest absolute Gasteiger partial charge is 0.475 e. The summed E-state index contributed by atoms with van der Waals surface area (Å²) in [4.78, 5) is 30.4. The number of hydrogen-bond donors (Lipinski definition) is 1. The molecule has 0 radical (unpaired) electrons. The maximum absolute atomic E-state index is 12.4. The Balaban J connectivity index is 0.000000279. The highest BCUT2D eigenvalue weighted by Crippen LogP contribution is 2.42. The molecule has 1 saturated carbocycles. The van der Waals surface area contributed by atoms with Gasteiger partial charge in [0.05, 0.1) is 17.2 Å². The Hall–Kier alpha value is -1.68. The highest BCUT2D eigenvalue weighted by Gasteiger charge is 2.47. The Bertz CT molecular complexity index is 735. The van der Waals surface area contributed by atoms with Gasteiger partial charge in [-0.2, -0.15) is 13.2 Å². The quantitative estimate of drug-likeness (QED) is 0.812. The minimum absolute atomic E-state index is 0.233. The van der Waals surface area contributed by atoms with Crippen molar-refractivity contribution in [2.24, 2.45) is 11.3 Å². The van der Waals surface area contributed by atoms with Crippen molar-refractivity contribution >= 4 is 23.2 Å². The van der Waals surface area contributed by atoms with Crippen molar-refractivity contribution in [1.29, 1.82) is 0 Å². The molecule has 0 bridgehead atoms. The summed E-state index contributed by atoms with van der Waals surface area (Å²) in [6, 6.07) is 0. The lowest BCUT2D eigenvalue weighted by Crippen LogP contribution is -2.32. The topological polar surface area (TPSA) is 73.7 Å². The molecule has 28 heavy (non-hydrogen) atoms. The number of amides is 1. The van der Waals surface area contributed by atoms with E-state index in [1.807, 2.05) is 11.8 Å². The molecule has 3 heterocycles. The second-order valence-electron chi connectivity index (χ2n) is 8.02. The van der Waals surface area contributed by atoms with Crippen LogP contribution in [0.4, 0.5) is 13.2 Å². The van der Waals surface area contributed by atoms with E-state index in [4.69, 9.17) is 9.90 Å². The van der Waals surface area contributed by atoms with Crippen LogP contribution in [0.25, 0.3) is 0 Å². The molecule has 10 heteroatoms. The van der Waals surface area contributed by atoms with E-state index in [1.54, 1.807) is 11.3 Å². The van der Waals surface area contributed by atoms with Gasteiger partial charge in [-0.1, -0.05) is 0 Å². The van der Waals surface area contributed by atoms with E-state index >= 15 is 0 Å². The zero-order valence-electron chi connectivity index (χ0n) is 15.7. The average molecular weight is 419 g/mol. The van der Waals surface area contributed by atoms with E-state index in [1.165, 1.54) is 32.4 Å². The third kappa shape index (κ3) is 5.44. The highest BCUT2D eigenvalue weighted by molar-refractivity contribution is 7.09. The second kappa shape index (κ2) is 7.98. The van der Waals surface area contributed by atoms with Crippen LogP contribution in [0.1, 0.15) is 36.4 Å². The van der Waals surface area contributed by atoms with E-state index < -0.39 is 12.1 Å². The lowest BCUT2D eigenvalue weighted by Gasteiger charge is -2.24. The van der Waals surface area contributed by atoms with Crippen molar-refractivity contribution in [3.05, 3.63) is 16.1 Å². The first-order valence-corrected chi connectivity index (χ1v) is 10.2. The number of aryl methyl sites for hydroxylation is 1. The molecule has 4 rings (SSSR count). The number of halogens is 3. The lowest BCUT2D eigenvalue weighted by atomic mass is 9.86. The Kier molecular flexibility index (Phi) is 6.00. The van der Waals surface area contributed by atoms with Crippen molar-refractivity contribution < 1.29 is 27.9 Å². The molecule has 2 aliphatic heterocycles. The molecule has 6 nitrogen and oxygen atoms in total. The van der Waals surface area contributed by atoms with Crippen LogP contribution in [-0.4, -0.2) is 64.1 Å². The van der Waals surface area contributed by atoms with E-state index in [-0.39, 0.29) is 5.41 Å². The normalized spacial score (nSPS) is 25.3. The summed E-state index contributed by atoms with van der Waals surface area (Å²) in [5, 5.41) is 10.3. The van der Waals surface area contributed by atoms with Crippen molar-refractivity contribution in [2.75, 3.05) is 26.2 Å². The molecule has 2 saturated heterocycles. The van der Waals surface area contributed by atoms with Gasteiger partial charge in [0.2, 0.25) is 5.91 Å². The molecule has 1 spiro atoms. The first kappa shape index (κ1) is 21.0. The monoisotopic (exact) mass is 419 g/mol. The molecule has 3 aliphatic rings. The van der Waals surface area contributed by atoms with Gasteiger partial charge in [-0.25, -0.2) is 9.78 Å². The molecular weight excluding hydrogens is 395 g/mol. The number of thiazole rings is 1. The Morgan fingerprint density at radius 3 is 2.61 bits per heavy atom. The summed E-state index contributed by atoms with van der Waals surface area (Å²) >= 11 is 1.67. The summed E-state index contributed by atoms with van der Waals surface area (Å²) in [6.45, 7) is 7.24. The predicted molar refractivity (Wildman–Crippen MR) is 96.8 cm³/mol. The van der Waals surface area contributed by atoms with E-state index in [0.29, 0.717) is 12.5 Å². The number of carboxylic acids is 1. The standard InChI is InChI=1S/C16H23N3OS.C2HF3O2/c1-12-17-14(9-21-12)8-19-11-16(6-15(19)20)4-5-18(10-16)7-13-2-3-13;3-2(4,5)1(6)7/h9,13H,2-8,10-11H2,1H3;(H,6,7). The molecule has 156 valence electrons. The number of carbonyl (C=O) groups excluding carboxylic acids is 1. The Morgan fingerprint density at radius 1 is 1.39 bits per heavy atom. The van der Waals surface area contributed by atoms with E-state index in [0.717, 1.165) is 36.1 Å². The minimum atomic E-state index is -5.08. The molecule has 0 aromatic carbocycles. The minimum Gasteiger partial charge on any atom is -0.475 e. The van der Waals surface area contributed by atoms with Gasteiger partial charge in [0.15, 0.2) is 0 Å². The number of carbonyl (C=O) groups is 2. The van der Waals surface area contributed by atoms with Crippen LogP contribution in [0.5, 0.6) is 0 Å². The maximum atomic E-state index is 12.4. The van der Waals surface area contributed by atoms with Gasteiger partial charge in [-0.15, -0.1) is 11.3 Å². The average Bonchev–Trinajstić information content (AvgIpc) is 3.05. The number of aromatic nitrogens is 1. The molecule has 1 aliphatic carbocycles. The summed E-state index contributed by atoms with van der Waals surface area (Å²) in [6.07, 6.45) is -0.315. The van der Waals surface area contributed by atoms with Crippen LogP contribution in [-0.2, 0) is 16.1 Å². The number of aliphatic carboxylic acids is 1. The third-order valence-electron chi connectivity index (χ3n) is 5.40. The van der Waals surface area contributed by atoms with Gasteiger partial charge >= 0.3 is 12.1 Å². The van der Waals surface area contributed by atoms with Crippen molar-refractivity contribution in [3.63, 3.8) is 0 Å². The van der Waals surface area contributed by atoms with Crippen LogP contribution in [0.2, 0.25) is 0 Å².